The molecule has 3 aromatic heterocycles. The van der Waals surface area contributed by atoms with Gasteiger partial charge in [0, 0.05) is 33.9 Å². The molecule has 7 heteroatoms. The average molecular weight is 317 g/mol. The van der Waals surface area contributed by atoms with Crippen LogP contribution in [0.15, 0.2) is 29.9 Å². The number of carboxylic acid groups (broad SMARTS) is 1. The Morgan fingerprint density at radius 3 is 2.90 bits per heavy atom. The second-order valence-corrected chi connectivity index (χ2v) is 6.32. The first-order valence-corrected chi connectivity index (χ1v) is 7.77. The van der Waals surface area contributed by atoms with Crippen LogP contribution in [0.5, 0.6) is 0 Å². The lowest BCUT2D eigenvalue weighted by Gasteiger charge is -1.88. The fourth-order valence-electron chi connectivity index (χ4n) is 1.76. The first-order chi connectivity index (χ1) is 10.1. The summed E-state index contributed by atoms with van der Waals surface area (Å²) in [5, 5.41) is 15.2. The van der Waals surface area contributed by atoms with E-state index in [4.69, 9.17) is 5.11 Å². The highest BCUT2D eigenvalue weighted by atomic mass is 32.1. The van der Waals surface area contributed by atoms with Gasteiger partial charge in [0.2, 0.25) is 0 Å². The van der Waals surface area contributed by atoms with Gasteiger partial charge in [-0.2, -0.15) is 5.10 Å². The van der Waals surface area contributed by atoms with E-state index in [9.17, 15) is 4.79 Å². The largest absolute Gasteiger partial charge is 0.476 e. The predicted molar refractivity (Wildman–Crippen MR) is 84.5 cm³/mol. The monoisotopic (exact) mass is 317 g/mol. The van der Waals surface area contributed by atoms with Gasteiger partial charge in [-0.3, -0.25) is 4.68 Å². The van der Waals surface area contributed by atoms with E-state index in [1.165, 1.54) is 16.7 Å². The molecule has 0 atom stereocenters. The second-order valence-electron chi connectivity index (χ2n) is 4.31. The molecule has 0 spiro atoms. The van der Waals surface area contributed by atoms with Gasteiger partial charge in [0.05, 0.1) is 6.20 Å². The predicted octanol–water partition coefficient (Wildman–Crippen LogP) is 3.47. The van der Waals surface area contributed by atoms with Crippen molar-refractivity contribution >= 4 is 40.8 Å². The molecule has 3 aromatic rings. The highest BCUT2D eigenvalue weighted by Gasteiger charge is 2.07. The van der Waals surface area contributed by atoms with Gasteiger partial charge < -0.3 is 5.11 Å². The normalized spacial score (nSPS) is 11.3. The summed E-state index contributed by atoms with van der Waals surface area (Å²) in [5.41, 5.74) is 1.17. The fourth-order valence-corrected chi connectivity index (χ4v) is 3.33. The number of hydrogen-bond donors (Lipinski definition) is 1. The van der Waals surface area contributed by atoms with Gasteiger partial charge in [0.25, 0.3) is 0 Å². The van der Waals surface area contributed by atoms with Crippen molar-refractivity contribution in [3.05, 3.63) is 45.5 Å². The third-order valence-corrected chi connectivity index (χ3v) is 4.66. The summed E-state index contributed by atoms with van der Waals surface area (Å²) in [5.74, 6) is -0.999. The quantitative estimate of drug-likeness (QED) is 0.800. The third kappa shape index (κ3) is 3.09. The summed E-state index contributed by atoms with van der Waals surface area (Å²) in [6, 6.07) is 4.07. The molecule has 21 heavy (non-hydrogen) atoms. The Balaban J connectivity index is 1.77. The molecule has 0 radical (unpaired) electrons. The number of rotatable bonds is 4. The maximum Gasteiger partial charge on any atom is 0.355 e. The number of aryl methyl sites for hydroxylation is 1. The van der Waals surface area contributed by atoms with E-state index < -0.39 is 5.97 Å². The Bertz CT molecular complexity index is 814. The van der Waals surface area contributed by atoms with Crippen LogP contribution in [0.25, 0.3) is 22.6 Å². The van der Waals surface area contributed by atoms with E-state index in [2.05, 4.69) is 10.1 Å². The second kappa shape index (κ2) is 5.63. The van der Waals surface area contributed by atoms with Crippen molar-refractivity contribution in [1.29, 1.82) is 0 Å². The number of nitrogens with zero attached hydrogens (tertiary/aromatic N) is 3. The van der Waals surface area contributed by atoms with Crippen LogP contribution in [0.2, 0.25) is 0 Å². The van der Waals surface area contributed by atoms with E-state index in [0.29, 0.717) is 5.01 Å². The Hall–Kier alpha value is -2.25. The first kappa shape index (κ1) is 13.7. The topological polar surface area (TPSA) is 68.0 Å². The minimum Gasteiger partial charge on any atom is -0.476 e. The zero-order chi connectivity index (χ0) is 14.8. The van der Waals surface area contributed by atoms with E-state index in [1.807, 2.05) is 43.7 Å². The van der Waals surface area contributed by atoms with E-state index in [1.54, 1.807) is 16.0 Å². The van der Waals surface area contributed by atoms with Gasteiger partial charge in [-0.05, 0) is 24.3 Å². The van der Waals surface area contributed by atoms with Crippen molar-refractivity contribution in [3.8, 4) is 10.4 Å². The molecule has 0 fully saturated rings. The van der Waals surface area contributed by atoms with Crippen LogP contribution < -0.4 is 0 Å². The third-order valence-electron chi connectivity index (χ3n) is 2.75. The summed E-state index contributed by atoms with van der Waals surface area (Å²) in [4.78, 5) is 17.0. The van der Waals surface area contributed by atoms with Gasteiger partial charge in [0.15, 0.2) is 5.69 Å². The molecule has 1 N–H and O–H groups in total. The molecular formula is C14H11N3O2S2. The molecule has 0 unspecified atom stereocenters. The van der Waals surface area contributed by atoms with Crippen LogP contribution in [-0.4, -0.2) is 25.8 Å². The molecule has 0 saturated carbocycles. The standard InChI is InChI=1S/C14H11N3O2S2/c1-17-7-9(6-15-17)12-4-2-10(21-12)3-5-13-16-11(8-20-13)14(18)19/h2-8H,1H3,(H,18,19)/b5-3+. The molecule has 0 saturated heterocycles. The van der Waals surface area contributed by atoms with E-state index in [0.717, 1.165) is 15.3 Å². The molecule has 0 aliphatic rings. The molecule has 0 aliphatic heterocycles. The minimum atomic E-state index is -0.999. The van der Waals surface area contributed by atoms with Crippen LogP contribution in [-0.2, 0) is 7.05 Å². The SMILES string of the molecule is Cn1cc(-c2ccc(/C=C/c3nc(C(=O)O)cs3)s2)cn1. The van der Waals surface area contributed by atoms with Crippen LogP contribution in [0, 0.1) is 0 Å². The van der Waals surface area contributed by atoms with Crippen LogP contribution >= 0.6 is 22.7 Å². The Kier molecular flexibility index (Phi) is 3.68. The fraction of sp³-hybridized carbons (Fsp3) is 0.0714. The molecule has 0 aromatic carbocycles. The van der Waals surface area contributed by atoms with Crippen molar-refractivity contribution in [2.24, 2.45) is 7.05 Å². The smallest absolute Gasteiger partial charge is 0.355 e. The van der Waals surface area contributed by atoms with Crippen LogP contribution in [0.4, 0.5) is 0 Å². The average Bonchev–Trinajstić information content (AvgIpc) is 3.16. The van der Waals surface area contributed by atoms with Crippen LogP contribution in [0.3, 0.4) is 0 Å². The van der Waals surface area contributed by atoms with Gasteiger partial charge in [-0.25, -0.2) is 9.78 Å². The molecule has 0 aliphatic carbocycles. The van der Waals surface area contributed by atoms with Crippen molar-refractivity contribution in [2.75, 3.05) is 0 Å². The van der Waals surface area contributed by atoms with Crippen molar-refractivity contribution in [1.82, 2.24) is 14.8 Å². The zero-order valence-electron chi connectivity index (χ0n) is 11.1. The van der Waals surface area contributed by atoms with E-state index >= 15 is 0 Å². The van der Waals surface area contributed by atoms with Crippen LogP contribution in [0.1, 0.15) is 20.4 Å². The summed E-state index contributed by atoms with van der Waals surface area (Å²) in [6.07, 6.45) is 7.57. The van der Waals surface area contributed by atoms with Gasteiger partial charge in [-0.15, -0.1) is 22.7 Å². The maximum atomic E-state index is 10.8. The van der Waals surface area contributed by atoms with Gasteiger partial charge >= 0.3 is 5.97 Å². The molecule has 3 rings (SSSR count). The number of carboxylic acids is 1. The highest BCUT2D eigenvalue weighted by molar-refractivity contribution is 7.16. The molecule has 5 nitrogen and oxygen atoms in total. The number of carbonyl (C=O) groups is 1. The minimum absolute atomic E-state index is 0.0851. The Labute approximate surface area is 128 Å². The lowest BCUT2D eigenvalue weighted by Crippen LogP contribution is -1.95. The number of hydrogen-bond acceptors (Lipinski definition) is 5. The van der Waals surface area contributed by atoms with Crippen molar-refractivity contribution < 1.29 is 9.90 Å². The van der Waals surface area contributed by atoms with Gasteiger partial charge in [0.1, 0.15) is 5.01 Å². The maximum absolute atomic E-state index is 10.8. The lowest BCUT2D eigenvalue weighted by molar-refractivity contribution is 0.0691. The lowest BCUT2D eigenvalue weighted by atomic mass is 10.3. The molecule has 3 heterocycles. The number of aromatic carboxylic acids is 1. The molecule has 106 valence electrons. The first-order valence-electron chi connectivity index (χ1n) is 6.07. The number of thiophene rings is 1. The Morgan fingerprint density at radius 1 is 1.38 bits per heavy atom. The molecule has 0 amide bonds. The highest BCUT2D eigenvalue weighted by Crippen LogP contribution is 2.28. The van der Waals surface area contributed by atoms with Crippen molar-refractivity contribution in [3.63, 3.8) is 0 Å². The Morgan fingerprint density at radius 2 is 2.24 bits per heavy atom. The van der Waals surface area contributed by atoms with E-state index in [-0.39, 0.29) is 5.69 Å². The number of thiazole rings is 1. The number of aromatic nitrogens is 3. The van der Waals surface area contributed by atoms with Gasteiger partial charge in [-0.1, -0.05) is 0 Å². The summed E-state index contributed by atoms with van der Waals surface area (Å²) in [7, 11) is 1.89. The summed E-state index contributed by atoms with van der Waals surface area (Å²) >= 11 is 2.97. The summed E-state index contributed by atoms with van der Waals surface area (Å²) in [6.45, 7) is 0. The summed E-state index contributed by atoms with van der Waals surface area (Å²) < 4.78 is 1.77. The molecule has 0 bridgehead atoms. The zero-order valence-corrected chi connectivity index (χ0v) is 12.7. The van der Waals surface area contributed by atoms with Crippen molar-refractivity contribution in [2.45, 2.75) is 0 Å². The molecular weight excluding hydrogens is 306 g/mol.